The highest BCUT2D eigenvalue weighted by Gasteiger charge is 2.38. The number of carbonyl (C=O) groups excluding carboxylic acids is 1. The summed E-state index contributed by atoms with van der Waals surface area (Å²) in [6, 6.07) is 8.23. The smallest absolute Gasteiger partial charge is 0.322 e. The van der Waals surface area contributed by atoms with Gasteiger partial charge in [-0.1, -0.05) is 0 Å². The number of fused-ring (bicyclic) bond motifs is 1. The highest BCUT2D eigenvalue weighted by Crippen LogP contribution is 2.29. The summed E-state index contributed by atoms with van der Waals surface area (Å²) in [5, 5.41) is 13.5. The number of piperazine rings is 1. The van der Waals surface area contributed by atoms with Crippen molar-refractivity contribution < 1.29 is 13.6 Å². The molecule has 4 rings (SSSR count). The number of benzene rings is 1. The first-order valence-electron chi connectivity index (χ1n) is 10.7. The maximum atomic E-state index is 13.3. The number of halogens is 2. The number of nitrogens with one attached hydrogen (secondary N) is 1. The summed E-state index contributed by atoms with van der Waals surface area (Å²) in [6.45, 7) is 2.65. The standard InChI is InChI=1S/C22H26F2N6O/c1-22(23,24)21(31)30-10-8-29(9-11-30)17-5-3-16(4-6-17)28-20-18-12-15(13-25)2-7-19(18)26-14-27-20/h2,7,12,14,16-17H,3-6,8-11H2,1H3,(H,26,27,28)/t16-,17-. The molecule has 1 saturated carbocycles. The molecule has 7 nitrogen and oxygen atoms in total. The number of amides is 1. The Morgan fingerprint density at radius 3 is 2.52 bits per heavy atom. The normalized spacial score (nSPS) is 22.8. The van der Waals surface area contributed by atoms with Gasteiger partial charge in [0.15, 0.2) is 0 Å². The molecule has 1 saturated heterocycles. The molecule has 1 amide bonds. The third-order valence-electron chi connectivity index (χ3n) is 6.30. The Labute approximate surface area is 180 Å². The summed E-state index contributed by atoms with van der Waals surface area (Å²) in [6.07, 6.45) is 5.48. The molecule has 2 fully saturated rings. The first-order valence-corrected chi connectivity index (χ1v) is 10.7. The van der Waals surface area contributed by atoms with Crippen molar-refractivity contribution >= 4 is 22.6 Å². The molecule has 1 N–H and O–H groups in total. The molecule has 0 radical (unpaired) electrons. The fourth-order valence-corrected chi connectivity index (χ4v) is 4.59. The van der Waals surface area contributed by atoms with Gasteiger partial charge in [0.2, 0.25) is 0 Å². The van der Waals surface area contributed by atoms with Gasteiger partial charge < -0.3 is 10.2 Å². The van der Waals surface area contributed by atoms with Crippen molar-refractivity contribution in [1.82, 2.24) is 19.8 Å². The summed E-state index contributed by atoms with van der Waals surface area (Å²) in [4.78, 5) is 24.0. The van der Waals surface area contributed by atoms with Crippen molar-refractivity contribution in [3.8, 4) is 6.07 Å². The average Bonchev–Trinajstić information content (AvgIpc) is 2.78. The molecule has 164 valence electrons. The van der Waals surface area contributed by atoms with Crippen LogP contribution in [0.1, 0.15) is 38.2 Å². The van der Waals surface area contributed by atoms with E-state index in [4.69, 9.17) is 0 Å². The van der Waals surface area contributed by atoms with Crippen LogP contribution in [0, 0.1) is 11.3 Å². The fourth-order valence-electron chi connectivity index (χ4n) is 4.59. The Morgan fingerprint density at radius 1 is 1.16 bits per heavy atom. The van der Waals surface area contributed by atoms with E-state index in [2.05, 4.69) is 26.3 Å². The lowest BCUT2D eigenvalue weighted by molar-refractivity contribution is -0.157. The third kappa shape index (κ3) is 4.74. The molecule has 1 aromatic carbocycles. The zero-order chi connectivity index (χ0) is 22.0. The Balaban J connectivity index is 1.32. The number of alkyl halides is 2. The van der Waals surface area contributed by atoms with Gasteiger partial charge in [0.1, 0.15) is 12.1 Å². The van der Waals surface area contributed by atoms with E-state index < -0.39 is 11.8 Å². The van der Waals surface area contributed by atoms with Gasteiger partial charge in [0.25, 0.3) is 5.91 Å². The number of nitriles is 1. The van der Waals surface area contributed by atoms with E-state index in [1.807, 2.05) is 12.1 Å². The molecule has 0 unspecified atom stereocenters. The Bertz CT molecular complexity index is 986. The molecule has 9 heteroatoms. The summed E-state index contributed by atoms with van der Waals surface area (Å²) in [5.41, 5.74) is 1.38. The van der Waals surface area contributed by atoms with Crippen LogP contribution in [0.15, 0.2) is 24.5 Å². The molecular formula is C22H26F2N6O. The van der Waals surface area contributed by atoms with E-state index in [0.29, 0.717) is 44.7 Å². The van der Waals surface area contributed by atoms with E-state index in [9.17, 15) is 18.8 Å². The molecule has 0 bridgehead atoms. The van der Waals surface area contributed by atoms with Gasteiger partial charge in [-0.3, -0.25) is 9.69 Å². The van der Waals surface area contributed by atoms with E-state index in [1.54, 1.807) is 6.07 Å². The Kier molecular flexibility index (Phi) is 6.01. The molecule has 1 aliphatic heterocycles. The van der Waals surface area contributed by atoms with Gasteiger partial charge in [-0.15, -0.1) is 0 Å². The molecule has 1 aromatic heterocycles. The van der Waals surface area contributed by atoms with Gasteiger partial charge >= 0.3 is 5.92 Å². The molecular weight excluding hydrogens is 402 g/mol. The number of aromatic nitrogens is 2. The summed E-state index contributed by atoms with van der Waals surface area (Å²) in [5.74, 6) is -3.62. The third-order valence-corrected chi connectivity index (χ3v) is 6.30. The van der Waals surface area contributed by atoms with Gasteiger partial charge in [-0.2, -0.15) is 14.0 Å². The van der Waals surface area contributed by atoms with Crippen LogP contribution < -0.4 is 5.32 Å². The maximum Gasteiger partial charge on any atom is 0.322 e. The lowest BCUT2D eigenvalue weighted by atomic mass is 9.89. The fraction of sp³-hybridized carbons (Fsp3) is 0.545. The Morgan fingerprint density at radius 2 is 1.87 bits per heavy atom. The second-order valence-electron chi connectivity index (χ2n) is 8.43. The Hall–Kier alpha value is -2.86. The largest absolute Gasteiger partial charge is 0.367 e. The molecule has 0 atom stereocenters. The van der Waals surface area contributed by atoms with E-state index in [-0.39, 0.29) is 6.04 Å². The summed E-state index contributed by atoms with van der Waals surface area (Å²) in [7, 11) is 0. The predicted octanol–water partition coefficient (Wildman–Crippen LogP) is 3.02. The van der Waals surface area contributed by atoms with Gasteiger partial charge in [0, 0.05) is 50.6 Å². The highest BCUT2D eigenvalue weighted by atomic mass is 19.3. The zero-order valence-corrected chi connectivity index (χ0v) is 17.5. The SMILES string of the molecule is CC(F)(F)C(=O)N1CCN([C@H]2CC[C@H](Nc3ncnc4ccc(C#N)cc34)CC2)CC1. The molecule has 1 aliphatic carbocycles. The van der Waals surface area contributed by atoms with Gasteiger partial charge in [0.05, 0.1) is 17.1 Å². The van der Waals surface area contributed by atoms with Crippen LogP contribution in [-0.2, 0) is 4.79 Å². The van der Waals surface area contributed by atoms with Crippen molar-refractivity contribution in [3.05, 3.63) is 30.1 Å². The first kappa shape index (κ1) is 21.4. The minimum Gasteiger partial charge on any atom is -0.367 e. The minimum atomic E-state index is -3.30. The van der Waals surface area contributed by atoms with E-state index in [1.165, 1.54) is 11.2 Å². The highest BCUT2D eigenvalue weighted by molar-refractivity contribution is 5.90. The van der Waals surface area contributed by atoms with Gasteiger partial charge in [-0.25, -0.2) is 9.97 Å². The first-order chi connectivity index (χ1) is 14.8. The van der Waals surface area contributed by atoms with Gasteiger partial charge in [-0.05, 0) is 43.9 Å². The van der Waals surface area contributed by atoms with E-state index in [0.717, 1.165) is 42.4 Å². The number of nitrogens with zero attached hydrogens (tertiary/aromatic N) is 5. The summed E-state index contributed by atoms with van der Waals surface area (Å²) < 4.78 is 26.6. The monoisotopic (exact) mass is 428 g/mol. The van der Waals surface area contributed by atoms with Crippen LogP contribution in [0.5, 0.6) is 0 Å². The number of carbonyl (C=O) groups is 1. The van der Waals surface area contributed by atoms with Crippen molar-refractivity contribution in [2.45, 2.75) is 50.6 Å². The van der Waals surface area contributed by atoms with Crippen LogP contribution in [0.25, 0.3) is 10.9 Å². The van der Waals surface area contributed by atoms with Crippen molar-refractivity contribution in [2.24, 2.45) is 0 Å². The number of anilines is 1. The van der Waals surface area contributed by atoms with Crippen molar-refractivity contribution in [2.75, 3.05) is 31.5 Å². The lowest BCUT2D eigenvalue weighted by Gasteiger charge is -2.42. The quantitative estimate of drug-likeness (QED) is 0.806. The van der Waals surface area contributed by atoms with Crippen molar-refractivity contribution in [3.63, 3.8) is 0 Å². The summed E-state index contributed by atoms with van der Waals surface area (Å²) >= 11 is 0. The molecule has 31 heavy (non-hydrogen) atoms. The molecule has 2 heterocycles. The van der Waals surface area contributed by atoms with E-state index >= 15 is 0 Å². The van der Waals surface area contributed by atoms with Crippen LogP contribution >= 0.6 is 0 Å². The minimum absolute atomic E-state index is 0.279. The molecule has 2 aromatic rings. The second kappa shape index (κ2) is 8.71. The second-order valence-corrected chi connectivity index (χ2v) is 8.43. The maximum absolute atomic E-state index is 13.3. The van der Waals surface area contributed by atoms with Crippen LogP contribution in [0.2, 0.25) is 0 Å². The lowest BCUT2D eigenvalue weighted by Crippen LogP contribution is -2.55. The topological polar surface area (TPSA) is 85.2 Å². The van der Waals surface area contributed by atoms with Crippen molar-refractivity contribution in [1.29, 1.82) is 5.26 Å². The number of rotatable bonds is 4. The van der Waals surface area contributed by atoms with Crippen LogP contribution in [-0.4, -0.2) is 69.9 Å². The van der Waals surface area contributed by atoms with Crippen LogP contribution in [0.4, 0.5) is 14.6 Å². The predicted molar refractivity (Wildman–Crippen MR) is 113 cm³/mol. The average molecular weight is 428 g/mol. The molecule has 0 spiro atoms. The van der Waals surface area contributed by atoms with Crippen LogP contribution in [0.3, 0.4) is 0 Å². The number of hydrogen-bond donors (Lipinski definition) is 1. The number of hydrogen-bond acceptors (Lipinski definition) is 6. The zero-order valence-electron chi connectivity index (χ0n) is 17.5. The molecule has 2 aliphatic rings.